The number of hydrogen-bond acceptors (Lipinski definition) is 7. The van der Waals surface area contributed by atoms with Gasteiger partial charge in [0.15, 0.2) is 12.0 Å². The predicted octanol–water partition coefficient (Wildman–Crippen LogP) is -0.243. The summed E-state index contributed by atoms with van der Waals surface area (Å²) in [6.07, 6.45) is 0.231. The maximum absolute atomic E-state index is 11.4. The van der Waals surface area contributed by atoms with Crippen LogP contribution in [0.2, 0.25) is 0 Å². The van der Waals surface area contributed by atoms with Crippen LogP contribution in [0.1, 0.15) is 13.8 Å². The van der Waals surface area contributed by atoms with Crippen molar-refractivity contribution in [2.45, 2.75) is 44.2 Å². The molecular weight excluding hydrogens is 343 g/mol. The van der Waals surface area contributed by atoms with Gasteiger partial charge in [-0.05, 0) is 13.8 Å². The predicted molar refractivity (Wildman–Crippen MR) is 78.7 cm³/mol. The van der Waals surface area contributed by atoms with Gasteiger partial charge in [-0.25, -0.2) is 4.57 Å². The van der Waals surface area contributed by atoms with Gasteiger partial charge in [0.1, 0.15) is 24.1 Å². The minimum absolute atomic E-state index is 0.302. The van der Waals surface area contributed by atoms with Crippen LogP contribution in [-0.4, -0.2) is 57.5 Å². The first kappa shape index (κ1) is 17.6. The van der Waals surface area contributed by atoms with E-state index in [0.29, 0.717) is 5.82 Å². The first-order chi connectivity index (χ1) is 11.1. The average Bonchev–Trinajstić information content (AvgIpc) is 2.90. The fourth-order valence-electron chi connectivity index (χ4n) is 2.91. The van der Waals surface area contributed by atoms with Crippen molar-refractivity contribution in [2.75, 3.05) is 6.61 Å². The lowest BCUT2D eigenvalue weighted by molar-refractivity contribution is -0.202. The zero-order valence-electron chi connectivity index (χ0n) is 13.1. The molecule has 10 nitrogen and oxygen atoms in total. The molecule has 0 bridgehead atoms. The maximum atomic E-state index is 11.4. The number of ether oxygens (including phenoxy) is 3. The van der Waals surface area contributed by atoms with Crippen LogP contribution >= 0.6 is 7.82 Å². The molecule has 0 aliphatic carbocycles. The van der Waals surface area contributed by atoms with Crippen molar-refractivity contribution in [2.24, 2.45) is 0 Å². The highest BCUT2D eigenvalue weighted by Crippen LogP contribution is 2.43. The fourth-order valence-corrected chi connectivity index (χ4v) is 3.25. The van der Waals surface area contributed by atoms with E-state index in [0.717, 1.165) is 0 Å². The molecule has 0 radical (unpaired) electrons. The van der Waals surface area contributed by atoms with Crippen molar-refractivity contribution >= 4 is 13.7 Å². The van der Waals surface area contributed by atoms with Gasteiger partial charge in [-0.3, -0.25) is 9.32 Å². The zero-order chi connectivity index (χ0) is 17.7. The minimum atomic E-state index is -4.64. The molecule has 2 fully saturated rings. The average molecular weight is 362 g/mol. The Labute approximate surface area is 138 Å². The van der Waals surface area contributed by atoms with E-state index in [1.165, 1.54) is 12.3 Å². The van der Waals surface area contributed by atoms with Gasteiger partial charge in [0.2, 0.25) is 0 Å². The summed E-state index contributed by atoms with van der Waals surface area (Å²) in [7, 11) is -4.64. The Morgan fingerprint density at radius 2 is 2.08 bits per heavy atom. The highest BCUT2D eigenvalue weighted by atomic mass is 31.2. The number of hydrogen-bond donors (Lipinski definition) is 3. The van der Waals surface area contributed by atoms with Crippen molar-refractivity contribution in [1.82, 2.24) is 10.2 Å². The molecular formula is C13H19N2O8P. The van der Waals surface area contributed by atoms with Crippen LogP contribution in [0.4, 0.5) is 0 Å². The molecule has 24 heavy (non-hydrogen) atoms. The summed E-state index contributed by atoms with van der Waals surface area (Å²) in [4.78, 5) is 30.7. The van der Waals surface area contributed by atoms with E-state index < -0.39 is 38.1 Å². The second kappa shape index (κ2) is 5.92. The van der Waals surface area contributed by atoms with Crippen LogP contribution in [0.3, 0.4) is 0 Å². The fraction of sp³-hybridized carbons (Fsp3) is 0.615. The molecule has 3 N–H and O–H groups in total. The van der Waals surface area contributed by atoms with Crippen LogP contribution < -0.4 is 5.32 Å². The number of amides is 1. The summed E-state index contributed by atoms with van der Waals surface area (Å²) >= 11 is 0. The quantitative estimate of drug-likeness (QED) is 0.581. The first-order valence-corrected chi connectivity index (χ1v) is 8.76. The van der Waals surface area contributed by atoms with E-state index >= 15 is 0 Å². The largest absolute Gasteiger partial charge is 0.469 e. The van der Waals surface area contributed by atoms with Gasteiger partial charge < -0.3 is 34.2 Å². The summed E-state index contributed by atoms with van der Waals surface area (Å²) in [5, 5.41) is 2.55. The van der Waals surface area contributed by atoms with Crippen molar-refractivity contribution in [3.8, 4) is 0 Å². The van der Waals surface area contributed by atoms with Gasteiger partial charge in [-0.15, -0.1) is 0 Å². The molecule has 0 aromatic heterocycles. The summed E-state index contributed by atoms with van der Waals surface area (Å²) in [6, 6.07) is 0. The van der Waals surface area contributed by atoms with E-state index in [4.69, 9.17) is 24.0 Å². The molecule has 0 aromatic rings. The van der Waals surface area contributed by atoms with Gasteiger partial charge in [-0.2, -0.15) is 0 Å². The number of rotatable bonds is 4. The number of carbonyl (C=O) groups is 1. The number of phosphoric acid groups is 1. The highest BCUT2D eigenvalue weighted by Gasteiger charge is 2.57. The van der Waals surface area contributed by atoms with Gasteiger partial charge in [-0.1, -0.05) is 6.58 Å². The van der Waals surface area contributed by atoms with Crippen molar-refractivity contribution < 1.29 is 37.9 Å². The summed E-state index contributed by atoms with van der Waals surface area (Å²) in [5.41, 5.74) is 0. The Balaban J connectivity index is 1.80. The summed E-state index contributed by atoms with van der Waals surface area (Å²) in [5.74, 6) is -0.894. The van der Waals surface area contributed by atoms with Crippen molar-refractivity contribution in [3.63, 3.8) is 0 Å². The smallest absolute Gasteiger partial charge is 0.347 e. The lowest BCUT2D eigenvalue weighted by Gasteiger charge is -2.34. The maximum Gasteiger partial charge on any atom is 0.469 e. The SMILES string of the molecule is C=C1NC(=O)C=CN1C1O[C@H](COP(=O)(O)O)[C@H]2OC(C)(C)OC12. The van der Waals surface area contributed by atoms with Gasteiger partial charge >= 0.3 is 7.82 Å². The Morgan fingerprint density at radius 1 is 1.42 bits per heavy atom. The molecule has 134 valence electrons. The molecule has 3 rings (SSSR count). The third kappa shape index (κ3) is 3.55. The first-order valence-electron chi connectivity index (χ1n) is 7.23. The highest BCUT2D eigenvalue weighted by molar-refractivity contribution is 7.46. The van der Waals surface area contributed by atoms with Crippen molar-refractivity contribution in [1.29, 1.82) is 0 Å². The van der Waals surface area contributed by atoms with E-state index in [9.17, 15) is 9.36 Å². The monoisotopic (exact) mass is 362 g/mol. The third-order valence-electron chi connectivity index (χ3n) is 3.77. The molecule has 1 amide bonds. The lowest BCUT2D eigenvalue weighted by atomic mass is 10.1. The summed E-state index contributed by atoms with van der Waals surface area (Å²) < 4.78 is 32.9. The van der Waals surface area contributed by atoms with E-state index in [-0.39, 0.29) is 12.5 Å². The van der Waals surface area contributed by atoms with E-state index in [1.54, 1.807) is 18.7 Å². The van der Waals surface area contributed by atoms with Crippen LogP contribution in [0.25, 0.3) is 0 Å². The van der Waals surface area contributed by atoms with Gasteiger partial charge in [0.05, 0.1) is 6.61 Å². The van der Waals surface area contributed by atoms with Crippen LogP contribution in [0.5, 0.6) is 0 Å². The molecule has 0 aromatic carbocycles. The Morgan fingerprint density at radius 3 is 2.71 bits per heavy atom. The molecule has 2 unspecified atom stereocenters. The zero-order valence-corrected chi connectivity index (χ0v) is 14.0. The lowest BCUT2D eigenvalue weighted by Crippen LogP contribution is -2.46. The third-order valence-corrected chi connectivity index (χ3v) is 4.26. The van der Waals surface area contributed by atoms with Crippen LogP contribution in [-0.2, 0) is 28.1 Å². The molecule has 3 heterocycles. The molecule has 3 aliphatic rings. The van der Waals surface area contributed by atoms with Gasteiger partial charge in [0, 0.05) is 12.3 Å². The number of carbonyl (C=O) groups excluding carboxylic acids is 1. The normalized spacial score (nSPS) is 35.2. The molecule has 0 spiro atoms. The Kier molecular flexibility index (Phi) is 4.33. The van der Waals surface area contributed by atoms with Crippen LogP contribution in [0, 0.1) is 0 Å². The minimum Gasteiger partial charge on any atom is -0.347 e. The second-order valence-electron chi connectivity index (χ2n) is 6.08. The van der Waals surface area contributed by atoms with E-state index in [2.05, 4.69) is 16.4 Å². The standard InChI is InChI=1S/C13H19N2O8P/c1-7-14-9(16)4-5-15(7)12-11-10(22-13(2,3)23-11)8(21-12)6-20-24(17,18)19/h4-5,8,10-12H,1,6H2,2-3H3,(H,14,16)(H2,17,18,19)/t8-,10-,11?,12?/m1/s1. The molecule has 4 atom stereocenters. The Bertz CT molecular complexity index is 629. The number of nitrogens with zero attached hydrogens (tertiary/aromatic N) is 1. The molecule has 2 saturated heterocycles. The number of nitrogens with one attached hydrogen (secondary N) is 1. The van der Waals surface area contributed by atoms with Gasteiger partial charge in [0.25, 0.3) is 5.91 Å². The van der Waals surface area contributed by atoms with E-state index in [1.807, 2.05) is 0 Å². The topological polar surface area (TPSA) is 127 Å². The number of fused-ring (bicyclic) bond motifs is 1. The second-order valence-corrected chi connectivity index (χ2v) is 7.31. The van der Waals surface area contributed by atoms with Crippen LogP contribution in [0.15, 0.2) is 24.7 Å². The van der Waals surface area contributed by atoms with Crippen molar-refractivity contribution in [3.05, 3.63) is 24.7 Å². The summed E-state index contributed by atoms with van der Waals surface area (Å²) in [6.45, 7) is 6.85. The molecule has 11 heteroatoms. The number of phosphoric ester groups is 1. The Hall–Kier alpha value is -1.26. The molecule has 0 saturated carbocycles. The molecule has 3 aliphatic heterocycles.